The summed E-state index contributed by atoms with van der Waals surface area (Å²) in [7, 11) is 0. The molecule has 6 heteroatoms. The van der Waals surface area contributed by atoms with Gasteiger partial charge < -0.3 is 5.32 Å². The molecule has 2 heterocycles. The Morgan fingerprint density at radius 2 is 1.86 bits per heavy atom. The number of hydrogen-bond donors (Lipinski definition) is 1. The fourth-order valence-corrected chi connectivity index (χ4v) is 2.51. The van der Waals surface area contributed by atoms with E-state index in [1.54, 1.807) is 29.1 Å². The van der Waals surface area contributed by atoms with E-state index in [-0.39, 0.29) is 18.1 Å². The zero-order chi connectivity index (χ0) is 15.5. The van der Waals surface area contributed by atoms with Crippen LogP contribution in [0.5, 0.6) is 0 Å². The number of pyridine rings is 1. The molecule has 1 aromatic carbocycles. The van der Waals surface area contributed by atoms with Gasteiger partial charge in [-0.05, 0) is 31.2 Å². The Labute approximate surface area is 127 Å². The average Bonchev–Trinajstić information content (AvgIpc) is 2.80. The molecule has 0 aliphatic carbocycles. The van der Waals surface area contributed by atoms with Gasteiger partial charge in [0.2, 0.25) is 5.91 Å². The summed E-state index contributed by atoms with van der Waals surface area (Å²) < 4.78 is 3.15. The Morgan fingerprint density at radius 1 is 1.14 bits per heavy atom. The minimum Gasteiger partial charge on any atom is -0.323 e. The highest BCUT2D eigenvalue weighted by Gasteiger charge is 2.14. The van der Waals surface area contributed by atoms with Gasteiger partial charge >= 0.3 is 5.69 Å². The average molecular weight is 296 g/mol. The summed E-state index contributed by atoms with van der Waals surface area (Å²) in [5.74, 6) is -0.255. The molecule has 0 unspecified atom stereocenters. The second-order valence-corrected chi connectivity index (χ2v) is 4.89. The maximum absolute atomic E-state index is 12.4. The van der Waals surface area contributed by atoms with Gasteiger partial charge in [-0.1, -0.05) is 12.1 Å². The van der Waals surface area contributed by atoms with Gasteiger partial charge in [0, 0.05) is 12.7 Å². The standard InChI is InChI=1S/C16H16N4O2/c1-2-19-13-7-3-4-8-14(13)20(16(19)22)11-15(21)18-12-6-5-9-17-10-12/h3-10H,2,11H2,1H3,(H,18,21). The molecule has 0 radical (unpaired) electrons. The van der Waals surface area contributed by atoms with Crippen molar-refractivity contribution in [2.24, 2.45) is 0 Å². The van der Waals surface area contributed by atoms with Crippen LogP contribution in [0.1, 0.15) is 6.92 Å². The van der Waals surface area contributed by atoms with Gasteiger partial charge in [0.15, 0.2) is 0 Å². The van der Waals surface area contributed by atoms with Gasteiger partial charge in [-0.2, -0.15) is 0 Å². The summed E-state index contributed by atoms with van der Waals surface area (Å²) in [5.41, 5.74) is 2.03. The Kier molecular flexibility index (Phi) is 3.74. The lowest BCUT2D eigenvalue weighted by Crippen LogP contribution is -2.29. The monoisotopic (exact) mass is 296 g/mol. The third-order valence-corrected chi connectivity index (χ3v) is 3.49. The fourth-order valence-electron chi connectivity index (χ4n) is 2.51. The van der Waals surface area contributed by atoms with Crippen LogP contribution < -0.4 is 11.0 Å². The first-order valence-corrected chi connectivity index (χ1v) is 7.08. The second-order valence-electron chi connectivity index (χ2n) is 4.89. The van der Waals surface area contributed by atoms with E-state index >= 15 is 0 Å². The van der Waals surface area contributed by atoms with Crippen LogP contribution in [0.4, 0.5) is 5.69 Å². The van der Waals surface area contributed by atoms with Crippen molar-refractivity contribution in [1.82, 2.24) is 14.1 Å². The first-order valence-electron chi connectivity index (χ1n) is 7.08. The van der Waals surface area contributed by atoms with Crippen molar-refractivity contribution < 1.29 is 4.79 Å². The summed E-state index contributed by atoms with van der Waals surface area (Å²) in [5, 5.41) is 2.74. The summed E-state index contributed by atoms with van der Waals surface area (Å²) in [6.45, 7) is 2.45. The molecular weight excluding hydrogens is 280 g/mol. The number of aryl methyl sites for hydroxylation is 1. The van der Waals surface area contributed by atoms with Crippen LogP contribution in [0.3, 0.4) is 0 Å². The highest BCUT2D eigenvalue weighted by atomic mass is 16.2. The number of imidazole rings is 1. The Bertz CT molecular complexity index is 865. The number of nitrogens with zero attached hydrogens (tertiary/aromatic N) is 3. The molecule has 0 aliphatic heterocycles. The SMILES string of the molecule is CCn1c(=O)n(CC(=O)Nc2cccnc2)c2ccccc21. The lowest BCUT2D eigenvalue weighted by atomic mass is 10.3. The van der Waals surface area contributed by atoms with Gasteiger partial charge in [-0.15, -0.1) is 0 Å². The molecule has 1 amide bonds. The lowest BCUT2D eigenvalue weighted by molar-refractivity contribution is -0.116. The summed E-state index contributed by atoms with van der Waals surface area (Å²) >= 11 is 0. The van der Waals surface area contributed by atoms with Crippen molar-refractivity contribution in [3.63, 3.8) is 0 Å². The third-order valence-electron chi connectivity index (χ3n) is 3.49. The lowest BCUT2D eigenvalue weighted by Gasteiger charge is -2.05. The first kappa shape index (κ1) is 14.1. The number of carbonyl (C=O) groups excluding carboxylic acids is 1. The summed E-state index contributed by atoms with van der Waals surface area (Å²) in [6.07, 6.45) is 3.20. The van der Waals surface area contributed by atoms with Gasteiger partial charge in [-0.25, -0.2) is 4.79 Å². The van der Waals surface area contributed by atoms with Crippen molar-refractivity contribution in [2.75, 3.05) is 5.32 Å². The molecular formula is C16H16N4O2. The smallest absolute Gasteiger partial charge is 0.323 e. The summed E-state index contributed by atoms with van der Waals surface area (Å²) in [6, 6.07) is 11.0. The van der Waals surface area contributed by atoms with Gasteiger partial charge in [0.25, 0.3) is 0 Å². The molecule has 1 N–H and O–H groups in total. The molecule has 0 aliphatic rings. The number of nitrogens with one attached hydrogen (secondary N) is 1. The van der Waals surface area contributed by atoms with E-state index < -0.39 is 0 Å². The maximum atomic E-state index is 12.4. The molecule has 3 rings (SSSR count). The van der Waals surface area contributed by atoms with Gasteiger partial charge in [0.05, 0.1) is 22.9 Å². The van der Waals surface area contributed by atoms with Crippen LogP contribution in [0.2, 0.25) is 0 Å². The maximum Gasteiger partial charge on any atom is 0.329 e. The Hall–Kier alpha value is -2.89. The highest BCUT2D eigenvalue weighted by molar-refractivity contribution is 5.91. The zero-order valence-corrected chi connectivity index (χ0v) is 12.2. The third kappa shape index (κ3) is 2.50. The van der Waals surface area contributed by atoms with E-state index in [2.05, 4.69) is 10.3 Å². The van der Waals surface area contributed by atoms with Crippen molar-refractivity contribution in [2.45, 2.75) is 20.0 Å². The Balaban J connectivity index is 1.92. The predicted molar refractivity (Wildman–Crippen MR) is 84.7 cm³/mol. The number of para-hydroxylation sites is 2. The normalized spacial score (nSPS) is 10.8. The van der Waals surface area contributed by atoms with E-state index in [0.717, 1.165) is 11.0 Å². The van der Waals surface area contributed by atoms with Crippen molar-refractivity contribution >= 4 is 22.6 Å². The van der Waals surface area contributed by atoms with E-state index in [0.29, 0.717) is 12.2 Å². The number of rotatable bonds is 4. The fraction of sp³-hybridized carbons (Fsp3) is 0.188. The van der Waals surface area contributed by atoms with E-state index in [4.69, 9.17) is 0 Å². The molecule has 0 fully saturated rings. The molecule has 0 bridgehead atoms. The highest BCUT2D eigenvalue weighted by Crippen LogP contribution is 2.13. The first-order chi connectivity index (χ1) is 10.7. The molecule has 0 atom stereocenters. The number of fused-ring (bicyclic) bond motifs is 1. The number of amides is 1. The minimum atomic E-state index is -0.255. The van der Waals surface area contributed by atoms with E-state index in [9.17, 15) is 9.59 Å². The molecule has 3 aromatic rings. The van der Waals surface area contributed by atoms with Crippen LogP contribution in [0, 0.1) is 0 Å². The molecule has 6 nitrogen and oxygen atoms in total. The van der Waals surface area contributed by atoms with Crippen LogP contribution >= 0.6 is 0 Å². The number of hydrogen-bond acceptors (Lipinski definition) is 3. The van der Waals surface area contributed by atoms with Gasteiger partial charge in [-0.3, -0.25) is 18.9 Å². The van der Waals surface area contributed by atoms with Crippen LogP contribution in [-0.4, -0.2) is 20.0 Å². The molecule has 22 heavy (non-hydrogen) atoms. The van der Waals surface area contributed by atoms with Crippen molar-refractivity contribution in [3.8, 4) is 0 Å². The van der Waals surface area contributed by atoms with Crippen molar-refractivity contribution in [3.05, 3.63) is 59.3 Å². The predicted octanol–water partition coefficient (Wildman–Crippen LogP) is 1.86. The number of benzene rings is 1. The topological polar surface area (TPSA) is 68.9 Å². The molecule has 0 saturated carbocycles. The molecule has 0 saturated heterocycles. The van der Waals surface area contributed by atoms with Crippen molar-refractivity contribution in [1.29, 1.82) is 0 Å². The zero-order valence-electron chi connectivity index (χ0n) is 12.2. The number of carbonyl (C=O) groups is 1. The second kappa shape index (κ2) is 5.85. The molecule has 0 spiro atoms. The molecule has 112 valence electrons. The summed E-state index contributed by atoms with van der Waals surface area (Å²) in [4.78, 5) is 28.6. The minimum absolute atomic E-state index is 0.0265. The number of aromatic nitrogens is 3. The quantitative estimate of drug-likeness (QED) is 0.799. The van der Waals surface area contributed by atoms with E-state index in [1.807, 2.05) is 31.2 Å². The largest absolute Gasteiger partial charge is 0.329 e. The van der Waals surface area contributed by atoms with Crippen LogP contribution in [-0.2, 0) is 17.9 Å². The van der Waals surface area contributed by atoms with Crippen LogP contribution in [0.15, 0.2) is 53.6 Å². The Morgan fingerprint density at radius 3 is 2.50 bits per heavy atom. The molecule has 2 aromatic heterocycles. The van der Waals surface area contributed by atoms with Gasteiger partial charge in [0.1, 0.15) is 6.54 Å². The number of anilines is 1. The van der Waals surface area contributed by atoms with Crippen LogP contribution in [0.25, 0.3) is 11.0 Å². The van der Waals surface area contributed by atoms with E-state index in [1.165, 1.54) is 4.57 Å².